The van der Waals surface area contributed by atoms with Crippen LogP contribution >= 0.6 is 0 Å². The van der Waals surface area contributed by atoms with Crippen LogP contribution in [0.5, 0.6) is 0 Å². The van der Waals surface area contributed by atoms with Crippen LogP contribution in [0.25, 0.3) is 11.1 Å². The number of hydrogen-bond donors (Lipinski definition) is 1. The van der Waals surface area contributed by atoms with Crippen molar-refractivity contribution >= 4 is 22.8 Å². The van der Waals surface area contributed by atoms with Crippen LogP contribution in [0.3, 0.4) is 0 Å². The van der Waals surface area contributed by atoms with Gasteiger partial charge in [0.05, 0.1) is 11.0 Å². The summed E-state index contributed by atoms with van der Waals surface area (Å²) >= 11 is 0. The lowest BCUT2D eigenvalue weighted by Gasteiger charge is -2.00. The fourth-order valence-electron chi connectivity index (χ4n) is 1.78. The monoisotopic (exact) mass is 270 g/mol. The molecular formula is C13H10N4O3. The van der Waals surface area contributed by atoms with Crippen LogP contribution in [-0.2, 0) is 6.54 Å². The molecule has 0 atom stereocenters. The van der Waals surface area contributed by atoms with Crippen LogP contribution in [0.15, 0.2) is 47.1 Å². The number of nitrogens with zero attached hydrogens (tertiary/aromatic N) is 3. The number of pyridine rings is 1. The van der Waals surface area contributed by atoms with Gasteiger partial charge in [0.1, 0.15) is 5.52 Å². The molecule has 0 aliphatic carbocycles. The lowest BCUT2D eigenvalue weighted by molar-refractivity contribution is -0.384. The van der Waals surface area contributed by atoms with Crippen molar-refractivity contribution in [3.05, 3.63) is 58.4 Å². The molecule has 3 rings (SSSR count). The third kappa shape index (κ3) is 2.41. The molecule has 0 radical (unpaired) electrons. The summed E-state index contributed by atoms with van der Waals surface area (Å²) in [4.78, 5) is 18.4. The molecule has 1 aromatic carbocycles. The minimum atomic E-state index is -0.466. The van der Waals surface area contributed by atoms with Crippen molar-refractivity contribution in [2.24, 2.45) is 0 Å². The molecule has 3 aromatic rings. The van der Waals surface area contributed by atoms with Gasteiger partial charge in [-0.1, -0.05) is 0 Å². The van der Waals surface area contributed by atoms with Crippen molar-refractivity contribution < 1.29 is 9.34 Å². The molecule has 0 spiro atoms. The van der Waals surface area contributed by atoms with Crippen molar-refractivity contribution in [3.8, 4) is 0 Å². The summed E-state index contributed by atoms with van der Waals surface area (Å²) in [5, 5.41) is 13.7. The lowest BCUT2D eigenvalue weighted by Crippen LogP contribution is -1.99. The normalized spacial score (nSPS) is 10.6. The van der Waals surface area contributed by atoms with Crippen molar-refractivity contribution in [1.82, 2.24) is 9.97 Å². The molecule has 7 heteroatoms. The number of non-ortho nitro benzene ring substituents is 1. The number of aromatic nitrogens is 2. The highest BCUT2D eigenvalue weighted by Gasteiger charge is 2.11. The van der Waals surface area contributed by atoms with Crippen LogP contribution < -0.4 is 5.32 Å². The number of nitro benzene ring substituents is 1. The molecule has 0 saturated heterocycles. The van der Waals surface area contributed by atoms with Gasteiger partial charge in [-0.3, -0.25) is 15.1 Å². The Hall–Kier alpha value is -2.96. The van der Waals surface area contributed by atoms with E-state index in [1.165, 1.54) is 12.1 Å². The molecule has 1 N–H and O–H groups in total. The van der Waals surface area contributed by atoms with E-state index >= 15 is 0 Å². The highest BCUT2D eigenvalue weighted by Crippen LogP contribution is 2.23. The van der Waals surface area contributed by atoms with Gasteiger partial charge in [0.25, 0.3) is 11.7 Å². The molecule has 0 bridgehead atoms. The zero-order chi connectivity index (χ0) is 13.9. The van der Waals surface area contributed by atoms with Crippen LogP contribution in [0, 0.1) is 10.1 Å². The van der Waals surface area contributed by atoms with Crippen molar-refractivity contribution in [1.29, 1.82) is 0 Å². The Bertz CT molecular complexity index is 755. The number of oxazole rings is 1. The van der Waals surface area contributed by atoms with Crippen molar-refractivity contribution in [3.63, 3.8) is 0 Å². The highest BCUT2D eigenvalue weighted by atomic mass is 16.6. The van der Waals surface area contributed by atoms with Gasteiger partial charge in [0.15, 0.2) is 5.58 Å². The van der Waals surface area contributed by atoms with Gasteiger partial charge in [-0.2, -0.15) is 4.98 Å². The molecule has 7 nitrogen and oxygen atoms in total. The molecule has 0 fully saturated rings. The van der Waals surface area contributed by atoms with Crippen LogP contribution in [0.1, 0.15) is 5.56 Å². The summed E-state index contributed by atoms with van der Waals surface area (Å²) in [7, 11) is 0. The van der Waals surface area contributed by atoms with Gasteiger partial charge in [0.2, 0.25) is 0 Å². The molecule has 20 heavy (non-hydrogen) atoms. The summed E-state index contributed by atoms with van der Waals surface area (Å²) in [6, 6.07) is 8.41. The van der Waals surface area contributed by atoms with E-state index < -0.39 is 4.92 Å². The fraction of sp³-hybridized carbons (Fsp3) is 0.0769. The maximum Gasteiger partial charge on any atom is 0.295 e. The molecule has 0 aliphatic heterocycles. The first-order valence-electron chi connectivity index (χ1n) is 5.90. The third-order valence-corrected chi connectivity index (χ3v) is 2.78. The molecule has 0 amide bonds. The highest BCUT2D eigenvalue weighted by molar-refractivity contribution is 5.77. The number of nitro groups is 1. The summed E-state index contributed by atoms with van der Waals surface area (Å²) < 4.78 is 5.44. The topological polar surface area (TPSA) is 94.1 Å². The summed E-state index contributed by atoms with van der Waals surface area (Å²) in [6.07, 6.45) is 3.40. The predicted molar refractivity (Wildman–Crippen MR) is 72.2 cm³/mol. The summed E-state index contributed by atoms with van der Waals surface area (Å²) in [5.74, 6) is 0. The van der Waals surface area contributed by atoms with Gasteiger partial charge in [-0.15, -0.1) is 0 Å². The maximum atomic E-state index is 10.7. The van der Waals surface area contributed by atoms with E-state index in [9.17, 15) is 10.1 Å². The Morgan fingerprint density at radius 2 is 2.05 bits per heavy atom. The second-order valence-electron chi connectivity index (χ2n) is 4.14. The standard InChI is InChI=1S/C13H10N4O3/c18-17(19)10-1-2-11-12(7-10)20-13(16-11)15-8-9-3-5-14-6-4-9/h1-7H,8H2,(H,15,16). The Balaban J connectivity index is 1.80. The van der Waals surface area contributed by atoms with Gasteiger partial charge >= 0.3 is 0 Å². The van der Waals surface area contributed by atoms with Crippen LogP contribution in [-0.4, -0.2) is 14.9 Å². The fourth-order valence-corrected chi connectivity index (χ4v) is 1.78. The minimum Gasteiger partial charge on any atom is -0.423 e. The molecule has 100 valence electrons. The number of rotatable bonds is 4. The number of nitrogens with one attached hydrogen (secondary N) is 1. The molecular weight excluding hydrogens is 260 g/mol. The Kier molecular flexibility index (Phi) is 3.00. The molecule has 0 aliphatic rings. The maximum absolute atomic E-state index is 10.7. The number of fused-ring (bicyclic) bond motifs is 1. The van der Waals surface area contributed by atoms with E-state index in [1.807, 2.05) is 12.1 Å². The van der Waals surface area contributed by atoms with Crippen LogP contribution in [0.4, 0.5) is 11.7 Å². The van der Waals surface area contributed by atoms with E-state index in [0.717, 1.165) is 5.56 Å². The van der Waals surface area contributed by atoms with Crippen molar-refractivity contribution in [2.45, 2.75) is 6.54 Å². The second kappa shape index (κ2) is 4.96. The van der Waals surface area contributed by atoms with Gasteiger partial charge in [-0.05, 0) is 23.8 Å². The summed E-state index contributed by atoms with van der Waals surface area (Å²) in [6.45, 7) is 0.539. The molecule has 0 saturated carbocycles. The Morgan fingerprint density at radius 1 is 1.25 bits per heavy atom. The third-order valence-electron chi connectivity index (χ3n) is 2.78. The van der Waals surface area contributed by atoms with E-state index in [0.29, 0.717) is 23.7 Å². The Morgan fingerprint density at radius 3 is 2.80 bits per heavy atom. The SMILES string of the molecule is O=[N+]([O-])c1ccc2nc(NCc3ccncc3)oc2c1. The molecule has 2 heterocycles. The van der Waals surface area contributed by atoms with Gasteiger partial charge in [0, 0.05) is 25.0 Å². The first kappa shape index (κ1) is 12.1. The molecule has 0 unspecified atom stereocenters. The number of benzene rings is 1. The Labute approximate surface area is 113 Å². The van der Waals surface area contributed by atoms with Gasteiger partial charge < -0.3 is 9.73 Å². The summed E-state index contributed by atoms with van der Waals surface area (Å²) in [5.41, 5.74) is 1.98. The van der Waals surface area contributed by atoms with Crippen LogP contribution in [0.2, 0.25) is 0 Å². The van der Waals surface area contributed by atoms with Gasteiger partial charge in [-0.25, -0.2) is 0 Å². The van der Waals surface area contributed by atoms with E-state index in [-0.39, 0.29) is 5.69 Å². The zero-order valence-electron chi connectivity index (χ0n) is 10.3. The van der Waals surface area contributed by atoms with Crippen molar-refractivity contribution in [2.75, 3.05) is 5.32 Å². The lowest BCUT2D eigenvalue weighted by atomic mass is 10.3. The van der Waals surface area contributed by atoms with E-state index in [1.54, 1.807) is 18.5 Å². The average Bonchev–Trinajstić information content (AvgIpc) is 2.88. The van der Waals surface area contributed by atoms with E-state index in [4.69, 9.17) is 4.42 Å². The number of anilines is 1. The predicted octanol–water partition coefficient (Wildman–Crippen LogP) is 2.74. The largest absolute Gasteiger partial charge is 0.423 e. The zero-order valence-corrected chi connectivity index (χ0v) is 10.3. The first-order valence-corrected chi connectivity index (χ1v) is 5.90. The minimum absolute atomic E-state index is 0.0191. The van der Waals surface area contributed by atoms with E-state index in [2.05, 4.69) is 15.3 Å². The molecule has 2 aromatic heterocycles. The smallest absolute Gasteiger partial charge is 0.295 e. The number of hydrogen-bond acceptors (Lipinski definition) is 6. The second-order valence-corrected chi connectivity index (χ2v) is 4.14. The quantitative estimate of drug-likeness (QED) is 0.578. The average molecular weight is 270 g/mol. The first-order chi connectivity index (χ1) is 9.72.